The molecule has 1 aliphatic heterocycles. The Morgan fingerprint density at radius 3 is 2.74 bits per heavy atom. The van der Waals surface area contributed by atoms with Gasteiger partial charge in [-0.05, 0) is 18.2 Å². The zero-order chi connectivity index (χ0) is 15.7. The summed E-state index contributed by atoms with van der Waals surface area (Å²) in [5, 5.41) is 2.73. The topological polar surface area (TPSA) is 81.1 Å². The molecule has 6 nitrogen and oxygen atoms in total. The number of carbonyl (C=O) groups excluding carboxylic acids is 3. The Kier molecular flexibility index (Phi) is 2.29. The maximum atomic E-state index is 12.9. The SMILES string of the molecule is O=C1c2cc3ncsc3cc2C(=O)c2c1cc1n2CCNC1=O. The molecule has 0 atom stereocenters. The lowest BCUT2D eigenvalue weighted by molar-refractivity contribution is 0.0924. The lowest BCUT2D eigenvalue weighted by atomic mass is 9.88. The summed E-state index contributed by atoms with van der Waals surface area (Å²) in [4.78, 5) is 41.9. The van der Waals surface area contributed by atoms with Crippen molar-refractivity contribution in [1.82, 2.24) is 14.9 Å². The number of nitrogens with one attached hydrogen (secondary N) is 1. The van der Waals surface area contributed by atoms with Crippen LogP contribution in [0.5, 0.6) is 0 Å². The van der Waals surface area contributed by atoms with Gasteiger partial charge >= 0.3 is 0 Å². The predicted octanol–water partition coefficient (Wildman–Crippen LogP) is 1.62. The predicted molar refractivity (Wildman–Crippen MR) is 83.3 cm³/mol. The van der Waals surface area contributed by atoms with Crippen LogP contribution >= 0.6 is 11.3 Å². The van der Waals surface area contributed by atoms with Crippen LogP contribution in [0.2, 0.25) is 0 Å². The van der Waals surface area contributed by atoms with Gasteiger partial charge in [0.2, 0.25) is 5.78 Å². The first-order valence-electron chi connectivity index (χ1n) is 7.13. The largest absolute Gasteiger partial charge is 0.349 e. The smallest absolute Gasteiger partial charge is 0.268 e. The molecule has 3 heterocycles. The molecule has 1 aliphatic carbocycles. The van der Waals surface area contributed by atoms with E-state index in [1.165, 1.54) is 17.4 Å². The second-order valence-electron chi connectivity index (χ2n) is 5.58. The Hall–Kier alpha value is -2.80. The van der Waals surface area contributed by atoms with Crippen LogP contribution in [-0.4, -0.2) is 33.6 Å². The molecular weight excluding hydrogens is 314 g/mol. The molecule has 0 unspecified atom stereocenters. The molecule has 5 rings (SSSR count). The van der Waals surface area contributed by atoms with Crippen LogP contribution < -0.4 is 5.32 Å². The summed E-state index contributed by atoms with van der Waals surface area (Å²) in [6.07, 6.45) is 0. The number of hydrogen-bond donors (Lipinski definition) is 1. The standard InChI is InChI=1S/C16H9N3O3S/c20-14-7-3-10-12(23-6-18-10)5-8(7)15(21)13-9(14)4-11-16(22)17-1-2-19(11)13/h3-6H,1-2H2,(H,17,22). The van der Waals surface area contributed by atoms with Crippen molar-refractivity contribution < 1.29 is 14.4 Å². The molecule has 1 amide bonds. The van der Waals surface area contributed by atoms with E-state index in [1.807, 2.05) is 0 Å². The van der Waals surface area contributed by atoms with Gasteiger partial charge in [0.05, 0.1) is 21.3 Å². The molecule has 3 aromatic rings. The highest BCUT2D eigenvalue weighted by Gasteiger charge is 2.36. The van der Waals surface area contributed by atoms with Gasteiger partial charge in [-0.1, -0.05) is 0 Å². The third-order valence-corrected chi connectivity index (χ3v) is 5.16. The minimum Gasteiger partial charge on any atom is -0.349 e. The summed E-state index contributed by atoms with van der Waals surface area (Å²) in [6.45, 7) is 0.947. The van der Waals surface area contributed by atoms with Crippen molar-refractivity contribution in [2.75, 3.05) is 6.54 Å². The Bertz CT molecular complexity index is 1060. The highest BCUT2D eigenvalue weighted by atomic mass is 32.1. The van der Waals surface area contributed by atoms with Crippen molar-refractivity contribution in [3.8, 4) is 0 Å². The van der Waals surface area contributed by atoms with Gasteiger partial charge in [-0.3, -0.25) is 14.4 Å². The summed E-state index contributed by atoms with van der Waals surface area (Å²) in [5.41, 5.74) is 4.17. The third kappa shape index (κ3) is 1.52. The number of thiazole rings is 1. The number of nitrogens with zero attached hydrogens (tertiary/aromatic N) is 2. The molecule has 0 saturated carbocycles. The molecule has 2 aromatic heterocycles. The van der Waals surface area contributed by atoms with E-state index in [2.05, 4.69) is 10.3 Å². The maximum Gasteiger partial charge on any atom is 0.268 e. The number of hydrogen-bond acceptors (Lipinski definition) is 5. The second-order valence-corrected chi connectivity index (χ2v) is 6.46. The van der Waals surface area contributed by atoms with E-state index in [1.54, 1.807) is 22.2 Å². The van der Waals surface area contributed by atoms with Crippen LogP contribution in [0.3, 0.4) is 0 Å². The van der Waals surface area contributed by atoms with Crippen molar-refractivity contribution >= 4 is 39.0 Å². The van der Waals surface area contributed by atoms with Crippen molar-refractivity contribution in [3.63, 3.8) is 0 Å². The Labute approximate surface area is 133 Å². The third-order valence-electron chi connectivity index (χ3n) is 4.37. The highest BCUT2D eigenvalue weighted by Crippen LogP contribution is 2.33. The fourth-order valence-corrected chi connectivity index (χ4v) is 4.01. The summed E-state index contributed by atoms with van der Waals surface area (Å²) in [7, 11) is 0. The number of fused-ring (bicyclic) bond motifs is 5. The van der Waals surface area contributed by atoms with Gasteiger partial charge in [-0.2, -0.15) is 0 Å². The Morgan fingerprint density at radius 2 is 1.87 bits per heavy atom. The average molecular weight is 323 g/mol. The van der Waals surface area contributed by atoms with E-state index < -0.39 is 0 Å². The van der Waals surface area contributed by atoms with Crippen molar-refractivity contribution in [2.45, 2.75) is 6.54 Å². The molecule has 0 radical (unpaired) electrons. The number of ketones is 2. The van der Waals surface area contributed by atoms with Gasteiger partial charge < -0.3 is 9.88 Å². The van der Waals surface area contributed by atoms with Gasteiger partial charge in [0.15, 0.2) is 5.78 Å². The summed E-state index contributed by atoms with van der Waals surface area (Å²) in [6, 6.07) is 4.92. The molecular formula is C16H9N3O3S. The fourth-order valence-electron chi connectivity index (χ4n) is 3.31. The fraction of sp³-hybridized carbons (Fsp3) is 0.125. The van der Waals surface area contributed by atoms with Crippen LogP contribution in [-0.2, 0) is 6.54 Å². The Morgan fingerprint density at radius 1 is 1.04 bits per heavy atom. The van der Waals surface area contributed by atoms with Crippen LogP contribution in [0, 0.1) is 0 Å². The zero-order valence-electron chi connectivity index (χ0n) is 11.8. The molecule has 112 valence electrons. The summed E-state index contributed by atoms with van der Waals surface area (Å²) < 4.78 is 2.53. The second kappa shape index (κ2) is 4.14. The number of aromatic nitrogens is 2. The van der Waals surface area contributed by atoms with Crippen LogP contribution in [0.4, 0.5) is 0 Å². The molecule has 0 saturated heterocycles. The molecule has 2 aliphatic rings. The molecule has 7 heteroatoms. The minimum absolute atomic E-state index is 0.203. The van der Waals surface area contributed by atoms with E-state index in [0.29, 0.717) is 46.7 Å². The molecule has 1 aromatic carbocycles. The van der Waals surface area contributed by atoms with Crippen molar-refractivity contribution in [1.29, 1.82) is 0 Å². The summed E-state index contributed by atoms with van der Waals surface area (Å²) in [5.74, 6) is -0.678. The lowest BCUT2D eigenvalue weighted by Crippen LogP contribution is -2.36. The first kappa shape index (κ1) is 12.7. The highest BCUT2D eigenvalue weighted by molar-refractivity contribution is 7.16. The van der Waals surface area contributed by atoms with Crippen LogP contribution in [0.15, 0.2) is 23.7 Å². The normalized spacial score (nSPS) is 16.1. The molecule has 0 bridgehead atoms. The van der Waals surface area contributed by atoms with E-state index in [4.69, 9.17) is 0 Å². The van der Waals surface area contributed by atoms with Crippen molar-refractivity contribution in [3.05, 3.63) is 51.8 Å². The molecule has 23 heavy (non-hydrogen) atoms. The van der Waals surface area contributed by atoms with Gasteiger partial charge in [-0.25, -0.2) is 4.98 Å². The minimum atomic E-state index is -0.252. The van der Waals surface area contributed by atoms with Gasteiger partial charge in [-0.15, -0.1) is 11.3 Å². The van der Waals surface area contributed by atoms with E-state index in [9.17, 15) is 14.4 Å². The number of rotatable bonds is 0. The first-order chi connectivity index (χ1) is 11.1. The van der Waals surface area contributed by atoms with E-state index in [0.717, 1.165) is 4.70 Å². The Balaban J connectivity index is 1.82. The quantitative estimate of drug-likeness (QED) is 0.533. The van der Waals surface area contributed by atoms with Crippen molar-refractivity contribution in [2.24, 2.45) is 0 Å². The van der Waals surface area contributed by atoms with E-state index in [-0.39, 0.29) is 17.5 Å². The van der Waals surface area contributed by atoms with Gasteiger partial charge in [0.25, 0.3) is 5.91 Å². The van der Waals surface area contributed by atoms with Crippen LogP contribution in [0.25, 0.3) is 10.2 Å². The zero-order valence-corrected chi connectivity index (χ0v) is 12.6. The number of carbonyl (C=O) groups is 3. The maximum absolute atomic E-state index is 12.9. The monoisotopic (exact) mass is 323 g/mol. The first-order valence-corrected chi connectivity index (χ1v) is 8.01. The summed E-state index contributed by atoms with van der Waals surface area (Å²) >= 11 is 1.43. The van der Waals surface area contributed by atoms with Gasteiger partial charge in [0, 0.05) is 24.2 Å². The molecule has 0 spiro atoms. The van der Waals surface area contributed by atoms with E-state index >= 15 is 0 Å². The number of amides is 1. The number of benzene rings is 1. The van der Waals surface area contributed by atoms with Gasteiger partial charge in [0.1, 0.15) is 11.4 Å². The molecule has 0 fully saturated rings. The van der Waals surface area contributed by atoms with Crippen LogP contribution in [0.1, 0.15) is 42.5 Å². The lowest BCUT2D eigenvalue weighted by Gasteiger charge is -2.20. The molecule has 1 N–H and O–H groups in total. The average Bonchev–Trinajstić information content (AvgIpc) is 3.16.